The van der Waals surface area contributed by atoms with E-state index in [1.165, 1.54) is 0 Å². The molecule has 0 spiro atoms. The molecule has 2 unspecified atom stereocenters. The summed E-state index contributed by atoms with van der Waals surface area (Å²) in [5, 5.41) is 29.5. The minimum absolute atomic E-state index is 0.119. The van der Waals surface area contributed by atoms with E-state index in [1.807, 2.05) is 19.1 Å². The molecular formula is C22H38O5. The van der Waals surface area contributed by atoms with Crippen molar-refractivity contribution in [3.63, 3.8) is 0 Å². The van der Waals surface area contributed by atoms with Gasteiger partial charge in [0.15, 0.2) is 0 Å². The Morgan fingerprint density at radius 1 is 1.30 bits per heavy atom. The Balaban J connectivity index is 2.46. The maximum Gasteiger partial charge on any atom is 0.306 e. The molecule has 156 valence electrons. The number of carboxylic acids is 1. The molecule has 0 heterocycles. The molecule has 0 amide bonds. The fraction of sp³-hybridized carbons (Fsp3) is 0.818. The Hall–Kier alpha value is -1.20. The van der Waals surface area contributed by atoms with E-state index in [2.05, 4.69) is 6.92 Å². The van der Waals surface area contributed by atoms with Crippen LogP contribution in [0.2, 0.25) is 0 Å². The van der Waals surface area contributed by atoms with E-state index < -0.39 is 17.7 Å². The summed E-state index contributed by atoms with van der Waals surface area (Å²) in [6.45, 7) is 5.65. The topological polar surface area (TPSA) is 94.8 Å². The number of carbonyl (C=O) groups is 2. The third-order valence-electron chi connectivity index (χ3n) is 5.79. The summed E-state index contributed by atoms with van der Waals surface area (Å²) in [6, 6.07) is 0. The highest BCUT2D eigenvalue weighted by Gasteiger charge is 2.39. The largest absolute Gasteiger partial charge is 0.481 e. The van der Waals surface area contributed by atoms with Gasteiger partial charge < -0.3 is 15.3 Å². The van der Waals surface area contributed by atoms with Crippen LogP contribution in [0, 0.1) is 17.8 Å². The number of aliphatic hydroxyl groups is 2. The first-order valence-corrected chi connectivity index (χ1v) is 10.5. The molecule has 1 aliphatic carbocycles. The predicted octanol–water partition coefficient (Wildman–Crippen LogP) is 4.11. The van der Waals surface area contributed by atoms with Crippen LogP contribution < -0.4 is 0 Å². The summed E-state index contributed by atoms with van der Waals surface area (Å²) in [6.07, 6.45) is 10.7. The van der Waals surface area contributed by atoms with Gasteiger partial charge in [0.05, 0.1) is 17.6 Å². The number of carboxylic acid groups (broad SMARTS) is 1. The van der Waals surface area contributed by atoms with Crippen molar-refractivity contribution in [2.75, 3.05) is 0 Å². The first-order chi connectivity index (χ1) is 12.7. The summed E-state index contributed by atoms with van der Waals surface area (Å²) < 4.78 is 0. The number of hydrogen-bond acceptors (Lipinski definition) is 4. The first-order valence-electron chi connectivity index (χ1n) is 10.5. The molecule has 0 aromatic rings. The molecule has 5 atom stereocenters. The van der Waals surface area contributed by atoms with Crippen molar-refractivity contribution >= 4 is 11.8 Å². The summed E-state index contributed by atoms with van der Waals surface area (Å²) in [7, 11) is 0. The van der Waals surface area contributed by atoms with Gasteiger partial charge in [0, 0.05) is 18.3 Å². The van der Waals surface area contributed by atoms with Crippen molar-refractivity contribution in [1.82, 2.24) is 0 Å². The highest BCUT2D eigenvalue weighted by molar-refractivity contribution is 5.84. The second-order valence-electron chi connectivity index (χ2n) is 8.53. The van der Waals surface area contributed by atoms with Gasteiger partial charge in [-0.05, 0) is 32.6 Å². The van der Waals surface area contributed by atoms with E-state index in [9.17, 15) is 19.8 Å². The third-order valence-corrected chi connectivity index (χ3v) is 5.79. The number of Topliss-reactive ketones (excluding diaryl/α,β-unsaturated/α-hetero) is 1. The molecule has 0 bridgehead atoms. The van der Waals surface area contributed by atoms with Crippen molar-refractivity contribution in [1.29, 1.82) is 0 Å². The molecule has 3 N–H and O–H groups in total. The van der Waals surface area contributed by atoms with Crippen LogP contribution in [0.15, 0.2) is 12.2 Å². The Kier molecular flexibility index (Phi) is 10.2. The lowest BCUT2D eigenvalue weighted by Gasteiger charge is -2.22. The molecular weight excluding hydrogens is 344 g/mol. The number of aliphatic hydroxyl groups excluding tert-OH is 1. The van der Waals surface area contributed by atoms with Gasteiger partial charge in [-0.1, -0.05) is 58.1 Å². The molecule has 0 radical (unpaired) electrons. The molecule has 0 aromatic carbocycles. The Morgan fingerprint density at radius 2 is 2.00 bits per heavy atom. The van der Waals surface area contributed by atoms with Gasteiger partial charge in [-0.3, -0.25) is 9.59 Å². The predicted molar refractivity (Wildman–Crippen MR) is 106 cm³/mol. The number of carbonyl (C=O) groups excluding carboxylic acids is 1. The van der Waals surface area contributed by atoms with Crippen molar-refractivity contribution in [3.8, 4) is 0 Å². The van der Waals surface area contributed by atoms with E-state index in [1.54, 1.807) is 6.92 Å². The molecule has 0 aliphatic heterocycles. The van der Waals surface area contributed by atoms with Crippen LogP contribution >= 0.6 is 0 Å². The number of rotatable bonds is 13. The SMILES string of the molecule is CCCCC(C)(O)CC=C[C@@H]1[C@H](O)CC(=O)[C@@H]1CCCCCC(C)C(=O)O. The van der Waals surface area contributed by atoms with Crippen LogP contribution in [0.3, 0.4) is 0 Å². The summed E-state index contributed by atoms with van der Waals surface area (Å²) in [4.78, 5) is 23.1. The summed E-state index contributed by atoms with van der Waals surface area (Å²) in [5.41, 5.74) is -0.740. The van der Waals surface area contributed by atoms with Crippen molar-refractivity contribution < 1.29 is 24.9 Å². The molecule has 0 saturated heterocycles. The van der Waals surface area contributed by atoms with Gasteiger partial charge in [0.2, 0.25) is 0 Å². The lowest BCUT2D eigenvalue weighted by molar-refractivity contribution is -0.141. The number of hydrogen-bond donors (Lipinski definition) is 3. The molecule has 0 aromatic heterocycles. The molecule has 5 heteroatoms. The van der Waals surface area contributed by atoms with Crippen LogP contribution in [0.1, 0.15) is 85.0 Å². The number of aliphatic carboxylic acids is 1. The monoisotopic (exact) mass is 382 g/mol. The number of unbranched alkanes of at least 4 members (excludes halogenated alkanes) is 3. The smallest absolute Gasteiger partial charge is 0.306 e. The molecule has 5 nitrogen and oxygen atoms in total. The number of ketones is 1. The fourth-order valence-corrected chi connectivity index (χ4v) is 3.85. The van der Waals surface area contributed by atoms with E-state index in [0.717, 1.165) is 44.9 Å². The maximum atomic E-state index is 12.2. The maximum absolute atomic E-state index is 12.2. The van der Waals surface area contributed by atoms with Crippen molar-refractivity contribution in [3.05, 3.63) is 12.2 Å². The Labute approximate surface area is 163 Å². The molecule has 1 fully saturated rings. The highest BCUT2D eigenvalue weighted by Crippen LogP contribution is 2.34. The van der Waals surface area contributed by atoms with Crippen LogP contribution in [0.25, 0.3) is 0 Å². The zero-order valence-corrected chi connectivity index (χ0v) is 17.2. The molecule has 1 saturated carbocycles. The van der Waals surface area contributed by atoms with Gasteiger partial charge in [-0.15, -0.1) is 0 Å². The Bertz CT molecular complexity index is 497. The lowest BCUT2D eigenvalue weighted by atomic mass is 9.87. The van der Waals surface area contributed by atoms with Crippen LogP contribution in [-0.4, -0.2) is 38.8 Å². The summed E-state index contributed by atoms with van der Waals surface area (Å²) in [5.74, 6) is -1.29. The van der Waals surface area contributed by atoms with E-state index >= 15 is 0 Å². The first kappa shape index (κ1) is 23.8. The Morgan fingerprint density at radius 3 is 2.63 bits per heavy atom. The van der Waals surface area contributed by atoms with Gasteiger partial charge >= 0.3 is 5.97 Å². The zero-order valence-electron chi connectivity index (χ0n) is 17.2. The van der Waals surface area contributed by atoms with Crippen LogP contribution in [0.4, 0.5) is 0 Å². The fourth-order valence-electron chi connectivity index (χ4n) is 3.85. The van der Waals surface area contributed by atoms with Crippen LogP contribution in [0.5, 0.6) is 0 Å². The van der Waals surface area contributed by atoms with Gasteiger partial charge in [0.25, 0.3) is 0 Å². The van der Waals surface area contributed by atoms with E-state index in [4.69, 9.17) is 5.11 Å². The zero-order chi connectivity index (χ0) is 20.4. The molecule has 1 rings (SSSR count). The standard InChI is InChI=1S/C22H38O5/c1-4-5-13-22(3,27)14-9-12-18-17(19(23)15-20(18)24)11-8-6-7-10-16(2)21(25)26/h9,12,16-18,20,24,27H,4-8,10-11,13-15H2,1-3H3,(H,25,26)/t16?,17-,18+,20-,22?/m1/s1. The molecule has 27 heavy (non-hydrogen) atoms. The normalized spacial score (nSPS) is 26.4. The molecule has 1 aliphatic rings. The second kappa shape index (κ2) is 11.6. The quantitative estimate of drug-likeness (QED) is 0.329. The van der Waals surface area contributed by atoms with Crippen molar-refractivity contribution in [2.24, 2.45) is 17.8 Å². The lowest BCUT2D eigenvalue weighted by Crippen LogP contribution is -2.23. The van der Waals surface area contributed by atoms with E-state index in [-0.39, 0.29) is 30.0 Å². The minimum atomic E-state index is -0.760. The minimum Gasteiger partial charge on any atom is -0.481 e. The highest BCUT2D eigenvalue weighted by atomic mass is 16.4. The average Bonchev–Trinajstić information content (AvgIpc) is 2.86. The second-order valence-corrected chi connectivity index (χ2v) is 8.53. The van der Waals surface area contributed by atoms with Gasteiger partial charge in [0.1, 0.15) is 5.78 Å². The van der Waals surface area contributed by atoms with Crippen LogP contribution in [-0.2, 0) is 9.59 Å². The average molecular weight is 383 g/mol. The summed E-state index contributed by atoms with van der Waals surface area (Å²) >= 11 is 0. The third kappa shape index (κ3) is 8.56. The van der Waals surface area contributed by atoms with Gasteiger partial charge in [-0.2, -0.15) is 0 Å². The van der Waals surface area contributed by atoms with Gasteiger partial charge in [-0.25, -0.2) is 0 Å². The van der Waals surface area contributed by atoms with E-state index in [0.29, 0.717) is 12.8 Å². The van der Waals surface area contributed by atoms with Crippen molar-refractivity contribution in [2.45, 2.75) is 96.7 Å².